The number of nitrogens with zero attached hydrogens (tertiary/aromatic N) is 2. The molecule has 0 aliphatic heterocycles. The number of carboxylic acid groups (broad SMARTS) is 4. The van der Waals surface area contributed by atoms with E-state index in [1.807, 2.05) is 0 Å². The molecule has 0 saturated carbocycles. The van der Waals surface area contributed by atoms with E-state index >= 15 is 0 Å². The van der Waals surface area contributed by atoms with Crippen molar-refractivity contribution in [1.82, 2.24) is 9.80 Å². The fourth-order valence-corrected chi connectivity index (χ4v) is 1.44. The summed E-state index contributed by atoms with van der Waals surface area (Å²) in [5.74, 6) is -6.12. The number of carbonyl (C=O) groups excluding carboxylic acids is 4. The van der Waals surface area contributed by atoms with Gasteiger partial charge in [0.25, 0.3) is 0 Å². The smallest absolute Gasteiger partial charge is 0.549 e. The van der Waals surface area contributed by atoms with Crippen LogP contribution in [0.2, 0.25) is 0 Å². The van der Waals surface area contributed by atoms with E-state index in [0.717, 1.165) is 9.80 Å². The van der Waals surface area contributed by atoms with Crippen LogP contribution in [-0.2, 0) is 52.7 Å². The Morgan fingerprint density at radius 3 is 0.909 bits per heavy atom. The normalized spacial score (nSPS) is 9.73. The molecular weight excluding hydrogens is 391 g/mol. The summed E-state index contributed by atoms with van der Waals surface area (Å²) in [7, 11) is 0. The molecule has 0 fully saturated rings. The van der Waals surface area contributed by atoms with E-state index < -0.39 is 50.1 Å². The molecule has 0 aromatic rings. The van der Waals surface area contributed by atoms with Crippen molar-refractivity contribution < 1.29 is 73.2 Å². The van der Waals surface area contributed by atoms with Crippen LogP contribution >= 0.6 is 0 Å². The summed E-state index contributed by atoms with van der Waals surface area (Å²) < 4.78 is 0. The second kappa shape index (κ2) is 13.5. The van der Waals surface area contributed by atoms with Gasteiger partial charge in [0.05, 0.1) is 23.9 Å². The van der Waals surface area contributed by atoms with E-state index in [-0.39, 0.29) is 46.6 Å². The van der Waals surface area contributed by atoms with E-state index in [1.54, 1.807) is 0 Å². The van der Waals surface area contributed by atoms with Crippen molar-refractivity contribution in [3.63, 3.8) is 0 Å². The summed E-state index contributed by atoms with van der Waals surface area (Å²) in [6.07, 6.45) is 0. The number of hydrogen-bond acceptors (Lipinski definition) is 10. The average molecular weight is 403 g/mol. The molecule has 0 rings (SSSR count). The van der Waals surface area contributed by atoms with Gasteiger partial charge in [-0.2, -0.15) is 0 Å². The monoisotopic (exact) mass is 402 g/mol. The van der Waals surface area contributed by atoms with Crippen LogP contribution in [0, 0.1) is 0 Å². The largest absolute Gasteiger partial charge is 2.00 e. The molecule has 0 atom stereocenters. The van der Waals surface area contributed by atoms with Crippen LogP contribution in [-0.4, -0.2) is 72.9 Å². The maximum atomic E-state index is 10.4. The van der Waals surface area contributed by atoms with E-state index in [1.165, 1.54) is 0 Å². The first-order chi connectivity index (χ1) is 9.20. The minimum absolute atomic E-state index is 0. The second-order valence-corrected chi connectivity index (χ2v) is 3.91. The van der Waals surface area contributed by atoms with Crippen molar-refractivity contribution in [3.8, 4) is 0 Å². The third-order valence-corrected chi connectivity index (χ3v) is 2.14. The molecule has 0 aromatic carbocycles. The Labute approximate surface area is 146 Å². The standard InChI is InChI=1S/C10H16N2O8.Fe.Ni/c13-7(14)3-11(4-8(15)16)1-2-12(5-9(17)18)6-10(19)20;;/h1-6H2,(H,13,14)(H,15,16)(H,17,18)(H,19,20);;/q;2*+2/p-4. The summed E-state index contributed by atoms with van der Waals surface area (Å²) >= 11 is 0. The van der Waals surface area contributed by atoms with Crippen molar-refractivity contribution >= 4 is 23.9 Å². The Bertz CT molecular complexity index is 327. The zero-order valence-electron chi connectivity index (χ0n) is 11.1. The number of carboxylic acids is 4. The molecule has 0 aliphatic rings. The number of carbonyl (C=O) groups is 4. The molecule has 128 valence electrons. The molecule has 0 unspecified atom stereocenters. The van der Waals surface area contributed by atoms with Gasteiger partial charge in [-0.3, -0.25) is 9.80 Å². The molecule has 0 radical (unpaired) electrons. The number of rotatable bonds is 11. The fraction of sp³-hybridized carbons (Fsp3) is 0.600. The number of aliphatic carboxylic acids is 4. The molecule has 22 heavy (non-hydrogen) atoms. The maximum absolute atomic E-state index is 10.4. The summed E-state index contributed by atoms with van der Waals surface area (Å²) in [4.78, 5) is 43.4. The van der Waals surface area contributed by atoms with Gasteiger partial charge in [-0.05, 0) is 0 Å². The summed E-state index contributed by atoms with van der Waals surface area (Å²) in [5.41, 5.74) is 0. The van der Waals surface area contributed by atoms with Gasteiger partial charge in [0, 0.05) is 39.3 Å². The van der Waals surface area contributed by atoms with E-state index in [9.17, 15) is 39.6 Å². The third-order valence-electron chi connectivity index (χ3n) is 2.14. The fourth-order valence-electron chi connectivity index (χ4n) is 1.44. The molecule has 0 aromatic heterocycles. The van der Waals surface area contributed by atoms with Crippen molar-refractivity contribution in [3.05, 3.63) is 0 Å². The van der Waals surface area contributed by atoms with Gasteiger partial charge < -0.3 is 39.6 Å². The Kier molecular flexibility index (Phi) is 15.8. The van der Waals surface area contributed by atoms with Crippen LogP contribution in [0.25, 0.3) is 0 Å². The molecular formula is C10H12FeN2NiO8. The van der Waals surface area contributed by atoms with Gasteiger partial charge in [0.1, 0.15) is 0 Å². The minimum atomic E-state index is -1.53. The Hall–Kier alpha value is -1.19. The summed E-state index contributed by atoms with van der Waals surface area (Å²) in [5, 5.41) is 41.6. The Morgan fingerprint density at radius 1 is 0.591 bits per heavy atom. The molecule has 0 N–H and O–H groups in total. The van der Waals surface area contributed by atoms with Gasteiger partial charge in [-0.15, -0.1) is 0 Å². The third kappa shape index (κ3) is 15.2. The second-order valence-electron chi connectivity index (χ2n) is 3.91. The zero-order chi connectivity index (χ0) is 15.7. The van der Waals surface area contributed by atoms with Crippen molar-refractivity contribution in [2.45, 2.75) is 0 Å². The van der Waals surface area contributed by atoms with Gasteiger partial charge in [-0.25, -0.2) is 0 Å². The maximum Gasteiger partial charge on any atom is 2.00 e. The average Bonchev–Trinajstić information content (AvgIpc) is 2.22. The van der Waals surface area contributed by atoms with Gasteiger partial charge >= 0.3 is 33.6 Å². The van der Waals surface area contributed by atoms with Crippen LogP contribution in [0.5, 0.6) is 0 Å². The topological polar surface area (TPSA) is 167 Å². The first kappa shape index (κ1) is 25.7. The minimum Gasteiger partial charge on any atom is -0.549 e. The van der Waals surface area contributed by atoms with E-state index in [2.05, 4.69) is 0 Å². The van der Waals surface area contributed by atoms with Gasteiger partial charge in [-0.1, -0.05) is 0 Å². The van der Waals surface area contributed by atoms with Crippen molar-refractivity contribution in [2.75, 3.05) is 39.3 Å². The van der Waals surface area contributed by atoms with Crippen LogP contribution in [0.1, 0.15) is 0 Å². The first-order valence-corrected chi connectivity index (χ1v) is 5.44. The molecule has 0 bridgehead atoms. The van der Waals surface area contributed by atoms with Crippen LogP contribution < -0.4 is 20.4 Å². The van der Waals surface area contributed by atoms with E-state index in [4.69, 9.17) is 0 Å². The quantitative estimate of drug-likeness (QED) is 0.303. The molecule has 10 nitrogen and oxygen atoms in total. The molecule has 12 heteroatoms. The van der Waals surface area contributed by atoms with Crippen LogP contribution in [0.15, 0.2) is 0 Å². The molecule has 0 heterocycles. The predicted octanol–water partition coefficient (Wildman–Crippen LogP) is -7.42. The molecule has 0 amide bonds. The first-order valence-electron chi connectivity index (χ1n) is 5.44. The van der Waals surface area contributed by atoms with E-state index in [0.29, 0.717) is 0 Å². The zero-order valence-corrected chi connectivity index (χ0v) is 13.2. The van der Waals surface area contributed by atoms with Crippen LogP contribution in [0.4, 0.5) is 0 Å². The Morgan fingerprint density at radius 2 is 0.773 bits per heavy atom. The van der Waals surface area contributed by atoms with Crippen molar-refractivity contribution in [1.29, 1.82) is 0 Å². The van der Waals surface area contributed by atoms with Crippen LogP contribution in [0.3, 0.4) is 0 Å². The van der Waals surface area contributed by atoms with Gasteiger partial charge in [0.15, 0.2) is 0 Å². The summed E-state index contributed by atoms with van der Waals surface area (Å²) in [6.45, 7) is -3.25. The van der Waals surface area contributed by atoms with Gasteiger partial charge in [0.2, 0.25) is 0 Å². The molecule has 0 saturated heterocycles. The number of hydrogen-bond donors (Lipinski definition) is 0. The molecule has 0 spiro atoms. The van der Waals surface area contributed by atoms with Crippen molar-refractivity contribution in [2.24, 2.45) is 0 Å². The summed E-state index contributed by atoms with van der Waals surface area (Å²) in [6, 6.07) is 0. The molecule has 0 aliphatic carbocycles. The predicted molar refractivity (Wildman–Crippen MR) is 52.9 cm³/mol. The SMILES string of the molecule is O=C([O-])CN(CCN(CC(=O)[O-])CC(=O)[O-])CC(=O)[O-].[Fe+2].[Ni+2]. The Balaban J connectivity index is -0.00000180.